The maximum absolute atomic E-state index is 13.8. The molecule has 3 rings (SSSR count). The molecule has 1 unspecified atom stereocenters. The van der Waals surface area contributed by atoms with Crippen LogP contribution in [0.1, 0.15) is 30.1 Å². The Morgan fingerprint density at radius 3 is 2.75 bits per heavy atom. The summed E-state index contributed by atoms with van der Waals surface area (Å²) in [6, 6.07) is 6.26. The summed E-state index contributed by atoms with van der Waals surface area (Å²) in [4.78, 5) is 16.8. The van der Waals surface area contributed by atoms with Crippen LogP contribution >= 0.6 is 12.4 Å². The first-order valence-electron chi connectivity index (χ1n) is 8.54. The van der Waals surface area contributed by atoms with E-state index >= 15 is 0 Å². The molecule has 24 heavy (non-hydrogen) atoms. The average molecular weight is 356 g/mol. The van der Waals surface area contributed by atoms with E-state index in [1.54, 1.807) is 23.1 Å². The van der Waals surface area contributed by atoms with Gasteiger partial charge < -0.3 is 15.1 Å². The van der Waals surface area contributed by atoms with E-state index in [0.29, 0.717) is 18.5 Å². The summed E-state index contributed by atoms with van der Waals surface area (Å²) in [7, 11) is 0. The van der Waals surface area contributed by atoms with Gasteiger partial charge in [0, 0.05) is 32.7 Å². The highest BCUT2D eigenvalue weighted by Crippen LogP contribution is 2.26. The second-order valence-corrected chi connectivity index (χ2v) is 7.14. The van der Waals surface area contributed by atoms with E-state index in [1.165, 1.54) is 12.5 Å². The molecule has 2 aliphatic heterocycles. The molecule has 134 valence electrons. The monoisotopic (exact) mass is 355 g/mol. The van der Waals surface area contributed by atoms with Crippen molar-refractivity contribution in [3.63, 3.8) is 0 Å². The Kier molecular flexibility index (Phi) is 6.61. The van der Waals surface area contributed by atoms with Gasteiger partial charge in [0.1, 0.15) is 5.82 Å². The summed E-state index contributed by atoms with van der Waals surface area (Å²) in [5, 5.41) is 3.44. The third-order valence-electron chi connectivity index (χ3n) is 5.04. The molecule has 0 bridgehead atoms. The van der Waals surface area contributed by atoms with Gasteiger partial charge in [0.2, 0.25) is 0 Å². The van der Waals surface area contributed by atoms with Gasteiger partial charge in [-0.1, -0.05) is 19.1 Å². The molecule has 1 amide bonds. The molecule has 0 spiro atoms. The third kappa shape index (κ3) is 4.47. The van der Waals surface area contributed by atoms with Gasteiger partial charge in [0.25, 0.3) is 5.91 Å². The predicted molar refractivity (Wildman–Crippen MR) is 96.2 cm³/mol. The summed E-state index contributed by atoms with van der Waals surface area (Å²) in [5.74, 6) is -0.609. The Balaban J connectivity index is 0.00000208. The van der Waals surface area contributed by atoms with E-state index in [0.717, 1.165) is 39.1 Å². The van der Waals surface area contributed by atoms with Crippen molar-refractivity contribution in [2.24, 2.45) is 5.41 Å². The highest BCUT2D eigenvalue weighted by atomic mass is 35.5. The van der Waals surface area contributed by atoms with Gasteiger partial charge in [0.05, 0.1) is 5.56 Å². The first kappa shape index (κ1) is 19.2. The number of carbonyl (C=O) groups is 1. The molecule has 0 aromatic heterocycles. The molecule has 2 heterocycles. The fourth-order valence-electron chi connectivity index (χ4n) is 3.68. The molecular formula is C18H27ClFN3O. The summed E-state index contributed by atoms with van der Waals surface area (Å²) < 4.78 is 13.8. The van der Waals surface area contributed by atoms with Crippen LogP contribution in [0.4, 0.5) is 4.39 Å². The molecule has 1 aromatic rings. The van der Waals surface area contributed by atoms with E-state index in [1.807, 2.05) is 0 Å². The van der Waals surface area contributed by atoms with Crippen molar-refractivity contribution in [1.29, 1.82) is 0 Å². The summed E-state index contributed by atoms with van der Waals surface area (Å²) in [6.45, 7) is 8.84. The van der Waals surface area contributed by atoms with Crippen molar-refractivity contribution in [3.8, 4) is 0 Å². The molecule has 2 aliphatic rings. The van der Waals surface area contributed by atoms with Crippen LogP contribution in [-0.2, 0) is 0 Å². The van der Waals surface area contributed by atoms with Crippen molar-refractivity contribution in [2.75, 3.05) is 45.8 Å². The zero-order chi connectivity index (χ0) is 16.3. The van der Waals surface area contributed by atoms with Crippen LogP contribution in [0.5, 0.6) is 0 Å². The van der Waals surface area contributed by atoms with E-state index in [-0.39, 0.29) is 23.9 Å². The lowest BCUT2D eigenvalue weighted by Gasteiger charge is -2.31. The molecule has 0 aliphatic carbocycles. The van der Waals surface area contributed by atoms with Gasteiger partial charge in [-0.25, -0.2) is 4.39 Å². The van der Waals surface area contributed by atoms with Gasteiger partial charge in [-0.15, -0.1) is 12.4 Å². The quantitative estimate of drug-likeness (QED) is 0.904. The summed E-state index contributed by atoms with van der Waals surface area (Å²) >= 11 is 0. The van der Waals surface area contributed by atoms with Gasteiger partial charge >= 0.3 is 0 Å². The minimum Gasteiger partial charge on any atom is -0.337 e. The van der Waals surface area contributed by atoms with Crippen LogP contribution in [0, 0.1) is 11.2 Å². The fraction of sp³-hybridized carbons (Fsp3) is 0.611. The molecular weight excluding hydrogens is 329 g/mol. The molecule has 6 heteroatoms. The second kappa shape index (κ2) is 8.28. The topological polar surface area (TPSA) is 35.6 Å². The van der Waals surface area contributed by atoms with Gasteiger partial charge in [0.15, 0.2) is 0 Å². The molecule has 0 saturated carbocycles. The third-order valence-corrected chi connectivity index (χ3v) is 5.04. The van der Waals surface area contributed by atoms with Crippen molar-refractivity contribution >= 4 is 18.3 Å². The maximum Gasteiger partial charge on any atom is 0.256 e. The van der Waals surface area contributed by atoms with E-state index < -0.39 is 5.82 Å². The number of hydrogen-bond acceptors (Lipinski definition) is 3. The largest absolute Gasteiger partial charge is 0.337 e. The van der Waals surface area contributed by atoms with Gasteiger partial charge in [-0.3, -0.25) is 4.79 Å². The lowest BCUT2D eigenvalue weighted by molar-refractivity contribution is 0.0754. The minimum atomic E-state index is -0.428. The molecule has 0 radical (unpaired) electrons. The number of halogens is 2. The van der Waals surface area contributed by atoms with Crippen LogP contribution < -0.4 is 5.32 Å². The SMILES string of the molecule is CC1(CN2CCCN(C(=O)c3ccccc3F)CC2)CCNC1.Cl. The molecule has 1 atom stereocenters. The van der Waals surface area contributed by atoms with Gasteiger partial charge in [-0.05, 0) is 43.5 Å². The normalized spacial score (nSPS) is 25.2. The molecule has 2 fully saturated rings. The van der Waals surface area contributed by atoms with Crippen LogP contribution in [0.2, 0.25) is 0 Å². The summed E-state index contributed by atoms with van der Waals surface area (Å²) in [5.41, 5.74) is 0.526. The Hall–Kier alpha value is -1.17. The van der Waals surface area contributed by atoms with Crippen molar-refractivity contribution in [2.45, 2.75) is 19.8 Å². The Morgan fingerprint density at radius 1 is 1.25 bits per heavy atom. The molecule has 4 nitrogen and oxygen atoms in total. The average Bonchev–Trinajstić information content (AvgIpc) is 2.83. The smallest absolute Gasteiger partial charge is 0.256 e. The molecule has 1 aromatic carbocycles. The number of amides is 1. The standard InChI is InChI=1S/C18H26FN3O.ClH/c1-18(7-8-20-13-18)14-21-9-4-10-22(12-11-21)17(23)15-5-2-3-6-16(15)19;/h2-3,5-6,20H,4,7-14H2,1H3;1H. The zero-order valence-electron chi connectivity index (χ0n) is 14.3. The number of nitrogens with zero attached hydrogens (tertiary/aromatic N) is 2. The predicted octanol–water partition coefficient (Wildman–Crippen LogP) is 2.40. The Bertz CT molecular complexity index is 563. The number of hydrogen-bond donors (Lipinski definition) is 1. The maximum atomic E-state index is 13.8. The highest BCUT2D eigenvalue weighted by Gasteiger charge is 2.31. The molecule has 1 N–H and O–H groups in total. The number of benzene rings is 1. The first-order valence-corrected chi connectivity index (χ1v) is 8.54. The van der Waals surface area contributed by atoms with Crippen LogP contribution in [-0.4, -0.2) is 61.5 Å². The van der Waals surface area contributed by atoms with Gasteiger partial charge in [-0.2, -0.15) is 0 Å². The molecule has 2 saturated heterocycles. The zero-order valence-corrected chi connectivity index (χ0v) is 15.1. The van der Waals surface area contributed by atoms with Crippen molar-refractivity contribution < 1.29 is 9.18 Å². The number of nitrogens with one attached hydrogen (secondary N) is 1. The van der Waals surface area contributed by atoms with Crippen molar-refractivity contribution in [3.05, 3.63) is 35.6 Å². The van der Waals surface area contributed by atoms with Crippen LogP contribution in [0.3, 0.4) is 0 Å². The van der Waals surface area contributed by atoms with Crippen LogP contribution in [0.15, 0.2) is 24.3 Å². The summed E-state index contributed by atoms with van der Waals surface area (Å²) in [6.07, 6.45) is 2.16. The fourth-order valence-corrected chi connectivity index (χ4v) is 3.68. The minimum absolute atomic E-state index is 0. The Morgan fingerprint density at radius 2 is 2.04 bits per heavy atom. The Labute approximate surface area is 149 Å². The van der Waals surface area contributed by atoms with E-state index in [9.17, 15) is 9.18 Å². The van der Waals surface area contributed by atoms with E-state index in [4.69, 9.17) is 0 Å². The number of carbonyl (C=O) groups excluding carboxylic acids is 1. The lowest BCUT2D eigenvalue weighted by atomic mass is 9.89. The second-order valence-electron chi connectivity index (χ2n) is 7.14. The van der Waals surface area contributed by atoms with Crippen molar-refractivity contribution in [1.82, 2.24) is 15.1 Å². The lowest BCUT2D eigenvalue weighted by Crippen LogP contribution is -2.40. The van der Waals surface area contributed by atoms with E-state index in [2.05, 4.69) is 17.1 Å². The van der Waals surface area contributed by atoms with Crippen LogP contribution in [0.25, 0.3) is 0 Å². The highest BCUT2D eigenvalue weighted by molar-refractivity contribution is 5.94. The first-order chi connectivity index (χ1) is 11.1. The number of rotatable bonds is 3.